The molecule has 0 N–H and O–H groups in total. The van der Waals surface area contributed by atoms with Crippen LogP contribution in [0.1, 0.15) is 5.56 Å². The first-order valence-electron chi connectivity index (χ1n) is 6.69. The number of aryl methyl sites for hydroxylation is 1. The fourth-order valence-electron chi connectivity index (χ4n) is 2.28. The van der Waals surface area contributed by atoms with Gasteiger partial charge in [0.1, 0.15) is 6.54 Å². The van der Waals surface area contributed by atoms with Gasteiger partial charge >= 0.3 is 18.1 Å². The summed E-state index contributed by atoms with van der Waals surface area (Å²) in [5.41, 5.74) is 0.862. The molecule has 122 valence electrons. The Morgan fingerprint density at radius 1 is 1.09 bits per heavy atom. The fourth-order valence-corrected chi connectivity index (χ4v) is 2.28. The molecule has 0 heterocycles. The molecule has 0 saturated heterocycles. The van der Waals surface area contributed by atoms with Crippen molar-refractivity contribution in [2.24, 2.45) is 0 Å². The van der Waals surface area contributed by atoms with Crippen LogP contribution in [0.25, 0.3) is 10.8 Å². The van der Waals surface area contributed by atoms with Crippen molar-refractivity contribution >= 4 is 28.3 Å². The molecule has 0 aliphatic heterocycles. The van der Waals surface area contributed by atoms with E-state index >= 15 is 0 Å². The predicted molar refractivity (Wildman–Crippen MR) is 79.1 cm³/mol. The van der Waals surface area contributed by atoms with Gasteiger partial charge in [0.15, 0.2) is 0 Å². The lowest BCUT2D eigenvalue weighted by Crippen LogP contribution is -2.44. The summed E-state index contributed by atoms with van der Waals surface area (Å²) in [4.78, 5) is 23.6. The van der Waals surface area contributed by atoms with Crippen LogP contribution in [0.5, 0.6) is 0 Å². The second-order valence-electron chi connectivity index (χ2n) is 4.91. The molecule has 0 unspecified atom stereocenters. The molecule has 2 aromatic rings. The molecule has 0 radical (unpaired) electrons. The summed E-state index contributed by atoms with van der Waals surface area (Å²) in [5, 5.41) is 1.16. The third-order valence-electron chi connectivity index (χ3n) is 3.41. The molecule has 0 saturated carbocycles. The summed E-state index contributed by atoms with van der Waals surface area (Å²) >= 11 is 0. The molecule has 1 amide bonds. The van der Waals surface area contributed by atoms with Crippen LogP contribution in [0, 0.1) is 6.92 Å². The van der Waals surface area contributed by atoms with E-state index in [1.165, 1.54) is 6.07 Å². The molecule has 0 aliphatic rings. The summed E-state index contributed by atoms with van der Waals surface area (Å²) < 4.78 is 43.0. The number of halogens is 3. The lowest BCUT2D eigenvalue weighted by atomic mass is 10.0. The van der Waals surface area contributed by atoms with Gasteiger partial charge in [0.2, 0.25) is 0 Å². The molecule has 0 aliphatic carbocycles. The summed E-state index contributed by atoms with van der Waals surface area (Å²) in [6.07, 6.45) is -5.10. The van der Waals surface area contributed by atoms with Crippen LogP contribution >= 0.6 is 0 Å². The molecule has 2 aromatic carbocycles. The number of benzene rings is 2. The normalized spacial score (nSPS) is 11.3. The molecule has 23 heavy (non-hydrogen) atoms. The summed E-state index contributed by atoms with van der Waals surface area (Å²) in [6, 6.07) is 9.74. The summed E-state index contributed by atoms with van der Waals surface area (Å²) in [7, 11) is 1.05. The van der Waals surface area contributed by atoms with E-state index in [0.29, 0.717) is 15.7 Å². The molecule has 4 nitrogen and oxygen atoms in total. The van der Waals surface area contributed by atoms with E-state index in [1.54, 1.807) is 30.3 Å². The number of rotatable bonds is 3. The Bertz CT molecular complexity index is 756. The highest BCUT2D eigenvalue weighted by Crippen LogP contribution is 2.32. The highest BCUT2D eigenvalue weighted by molar-refractivity contribution is 6.08. The van der Waals surface area contributed by atoms with Gasteiger partial charge in [-0.1, -0.05) is 30.3 Å². The van der Waals surface area contributed by atoms with Gasteiger partial charge in [-0.25, -0.2) is 0 Å². The monoisotopic (exact) mass is 325 g/mol. The van der Waals surface area contributed by atoms with Crippen molar-refractivity contribution in [2.45, 2.75) is 13.1 Å². The zero-order chi connectivity index (χ0) is 17.2. The first-order chi connectivity index (χ1) is 10.8. The standard InChI is InChI=1S/C16H14F3NO3/c1-10-7-8-13(12-6-4-3-5-11(10)12)20(9-14(21)23-2)15(22)16(17,18)19/h3-8H,9H2,1-2H3. The van der Waals surface area contributed by atoms with Gasteiger partial charge in [0.05, 0.1) is 12.8 Å². The second-order valence-corrected chi connectivity index (χ2v) is 4.91. The zero-order valence-electron chi connectivity index (χ0n) is 12.5. The van der Waals surface area contributed by atoms with E-state index in [1.807, 2.05) is 6.92 Å². The minimum atomic E-state index is -5.10. The maximum Gasteiger partial charge on any atom is 0.471 e. The Kier molecular flexibility index (Phi) is 4.58. The molecule has 0 aromatic heterocycles. The van der Waals surface area contributed by atoms with E-state index in [9.17, 15) is 22.8 Å². The van der Waals surface area contributed by atoms with Crippen molar-refractivity contribution in [2.75, 3.05) is 18.6 Å². The van der Waals surface area contributed by atoms with Crippen LogP contribution in [0.2, 0.25) is 0 Å². The van der Waals surface area contributed by atoms with E-state index in [0.717, 1.165) is 12.7 Å². The van der Waals surface area contributed by atoms with Gasteiger partial charge < -0.3 is 4.74 Å². The number of hydrogen-bond acceptors (Lipinski definition) is 3. The predicted octanol–water partition coefficient (Wildman–Crippen LogP) is 3.22. The number of nitrogens with zero attached hydrogens (tertiary/aromatic N) is 1. The Balaban J connectivity index is 2.62. The zero-order valence-corrected chi connectivity index (χ0v) is 12.5. The van der Waals surface area contributed by atoms with Crippen molar-refractivity contribution in [3.63, 3.8) is 0 Å². The molecule has 0 bridgehead atoms. The number of carbonyl (C=O) groups is 2. The topological polar surface area (TPSA) is 46.6 Å². The minimum Gasteiger partial charge on any atom is -0.468 e. The van der Waals surface area contributed by atoms with Gasteiger partial charge in [-0.05, 0) is 23.9 Å². The average molecular weight is 325 g/mol. The lowest BCUT2D eigenvalue weighted by Gasteiger charge is -2.24. The third kappa shape index (κ3) is 3.44. The first-order valence-corrected chi connectivity index (χ1v) is 6.69. The number of hydrogen-bond donors (Lipinski definition) is 0. The van der Waals surface area contributed by atoms with Crippen molar-refractivity contribution in [3.05, 3.63) is 42.0 Å². The minimum absolute atomic E-state index is 0.0129. The van der Waals surface area contributed by atoms with Gasteiger partial charge in [0, 0.05) is 5.39 Å². The number of carbonyl (C=O) groups excluding carboxylic acids is 2. The summed E-state index contributed by atoms with van der Waals surface area (Å²) in [5.74, 6) is -3.05. The molecule has 7 heteroatoms. The number of ether oxygens (including phenoxy) is 1. The Labute approximate surface area is 130 Å². The van der Waals surface area contributed by atoms with Crippen LogP contribution in [0.3, 0.4) is 0 Å². The maximum absolute atomic E-state index is 12.9. The third-order valence-corrected chi connectivity index (χ3v) is 3.41. The van der Waals surface area contributed by atoms with E-state index in [2.05, 4.69) is 4.74 Å². The SMILES string of the molecule is COC(=O)CN(C(=O)C(F)(F)F)c1ccc(C)c2ccccc12. The highest BCUT2D eigenvalue weighted by Gasteiger charge is 2.44. The average Bonchev–Trinajstić information content (AvgIpc) is 2.52. The molecular formula is C16H14F3NO3. The first kappa shape index (κ1) is 16.8. The van der Waals surface area contributed by atoms with Crippen LogP contribution in [-0.4, -0.2) is 31.7 Å². The van der Waals surface area contributed by atoms with Crippen molar-refractivity contribution in [3.8, 4) is 0 Å². The maximum atomic E-state index is 12.9. The number of amides is 1. The van der Waals surface area contributed by atoms with Gasteiger partial charge in [-0.15, -0.1) is 0 Å². The largest absolute Gasteiger partial charge is 0.471 e. The van der Waals surface area contributed by atoms with Crippen LogP contribution in [0.4, 0.5) is 18.9 Å². The quantitative estimate of drug-likeness (QED) is 0.814. The van der Waals surface area contributed by atoms with E-state index in [-0.39, 0.29) is 5.69 Å². The second kappa shape index (κ2) is 6.28. The Morgan fingerprint density at radius 3 is 2.26 bits per heavy atom. The van der Waals surface area contributed by atoms with Crippen LogP contribution in [-0.2, 0) is 14.3 Å². The number of fused-ring (bicyclic) bond motifs is 1. The number of methoxy groups -OCH3 is 1. The molecular weight excluding hydrogens is 311 g/mol. The molecule has 0 fully saturated rings. The Hall–Kier alpha value is -2.57. The smallest absolute Gasteiger partial charge is 0.468 e. The summed E-state index contributed by atoms with van der Waals surface area (Å²) in [6.45, 7) is 0.990. The number of alkyl halides is 3. The molecule has 0 spiro atoms. The van der Waals surface area contributed by atoms with E-state index in [4.69, 9.17) is 0 Å². The van der Waals surface area contributed by atoms with Crippen molar-refractivity contribution in [1.29, 1.82) is 0 Å². The van der Waals surface area contributed by atoms with Crippen LogP contribution in [0.15, 0.2) is 36.4 Å². The van der Waals surface area contributed by atoms with E-state index < -0.39 is 24.6 Å². The van der Waals surface area contributed by atoms with Gasteiger partial charge in [-0.3, -0.25) is 14.5 Å². The fraction of sp³-hybridized carbons (Fsp3) is 0.250. The highest BCUT2D eigenvalue weighted by atomic mass is 19.4. The number of esters is 1. The van der Waals surface area contributed by atoms with Gasteiger partial charge in [-0.2, -0.15) is 13.2 Å². The molecule has 0 atom stereocenters. The van der Waals surface area contributed by atoms with Crippen molar-refractivity contribution < 1.29 is 27.5 Å². The Morgan fingerprint density at radius 2 is 1.70 bits per heavy atom. The van der Waals surface area contributed by atoms with Gasteiger partial charge in [0.25, 0.3) is 0 Å². The molecule has 2 rings (SSSR count). The lowest BCUT2D eigenvalue weighted by molar-refractivity contribution is -0.171. The van der Waals surface area contributed by atoms with Crippen molar-refractivity contribution in [1.82, 2.24) is 0 Å². The van der Waals surface area contributed by atoms with Crippen LogP contribution < -0.4 is 4.90 Å². The number of anilines is 1.